The summed E-state index contributed by atoms with van der Waals surface area (Å²) in [6.45, 7) is 8.77. The molecule has 0 aliphatic rings. The van der Waals surface area contributed by atoms with Crippen molar-refractivity contribution in [2.24, 2.45) is 0 Å². The first kappa shape index (κ1) is 27.5. The Hall–Kier alpha value is -5.00. The Bertz CT molecular complexity index is 2370. The first-order valence-corrected chi connectivity index (χ1v) is 16.4. The van der Waals surface area contributed by atoms with Crippen LogP contribution in [-0.4, -0.2) is 19.9 Å². The molecule has 8 rings (SSSR count). The van der Waals surface area contributed by atoms with Crippen LogP contribution in [0.15, 0.2) is 109 Å². The fourth-order valence-corrected chi connectivity index (χ4v) is 7.23. The first-order chi connectivity index (χ1) is 21.9. The van der Waals surface area contributed by atoms with Gasteiger partial charge in [-0.3, -0.25) is 9.97 Å². The summed E-state index contributed by atoms with van der Waals surface area (Å²) in [5.74, 6) is 1.36. The second-order valence-corrected chi connectivity index (χ2v) is 13.3. The van der Waals surface area contributed by atoms with Gasteiger partial charge in [-0.25, -0.2) is 9.97 Å². The number of aromatic nitrogens is 4. The number of benzene rings is 4. The molecule has 0 amide bonds. The minimum Gasteiger partial charge on any atom is -0.250 e. The molecule has 0 fully saturated rings. The number of hydrogen-bond donors (Lipinski definition) is 0. The molecular formula is C40H32N4S. The molecule has 45 heavy (non-hydrogen) atoms. The number of rotatable bonds is 5. The lowest BCUT2D eigenvalue weighted by atomic mass is 9.95. The smallest absolute Gasteiger partial charge is 0.160 e. The van der Waals surface area contributed by atoms with E-state index >= 15 is 0 Å². The molecule has 0 aliphatic carbocycles. The Morgan fingerprint density at radius 2 is 1.20 bits per heavy atom. The SMILES string of the molecule is CC(C)c1ccc2ccc3c(-c4ccc(-c5nc(-c6ccccc6)c6sc7ccccc7c6n5)cc4)cc(C(C)C)nc3c2n1. The molecule has 4 heterocycles. The normalized spacial score (nSPS) is 12.0. The van der Waals surface area contributed by atoms with Crippen molar-refractivity contribution in [3.05, 3.63) is 121 Å². The second-order valence-electron chi connectivity index (χ2n) is 12.3. The van der Waals surface area contributed by atoms with Crippen LogP contribution in [0.3, 0.4) is 0 Å². The summed E-state index contributed by atoms with van der Waals surface area (Å²) in [6, 6.07) is 38.5. The Morgan fingerprint density at radius 3 is 1.98 bits per heavy atom. The molecule has 0 N–H and O–H groups in total. The molecule has 5 heteroatoms. The molecule has 4 aromatic carbocycles. The molecule has 0 bridgehead atoms. The van der Waals surface area contributed by atoms with E-state index in [0.29, 0.717) is 5.92 Å². The van der Waals surface area contributed by atoms with E-state index in [1.807, 2.05) is 6.07 Å². The van der Waals surface area contributed by atoms with E-state index in [-0.39, 0.29) is 5.92 Å². The van der Waals surface area contributed by atoms with E-state index in [4.69, 9.17) is 19.9 Å². The largest absolute Gasteiger partial charge is 0.250 e. The number of thiophene rings is 1. The number of fused-ring (bicyclic) bond motifs is 6. The number of nitrogens with zero attached hydrogens (tertiary/aromatic N) is 4. The van der Waals surface area contributed by atoms with Gasteiger partial charge in [-0.2, -0.15) is 0 Å². The van der Waals surface area contributed by atoms with Crippen molar-refractivity contribution < 1.29 is 0 Å². The highest BCUT2D eigenvalue weighted by Crippen LogP contribution is 2.40. The number of pyridine rings is 2. The molecule has 0 unspecified atom stereocenters. The van der Waals surface area contributed by atoms with Crippen LogP contribution in [0.2, 0.25) is 0 Å². The third-order valence-electron chi connectivity index (χ3n) is 8.58. The standard InChI is InChI=1S/C40H32N4S/c1-23(2)32-21-19-27-18-20-29-31(22-33(24(3)4)42-37(29)35(27)41-32)25-14-16-28(17-15-25)40-43-36(26-10-6-5-7-11-26)39-38(44-40)30-12-8-9-13-34(30)45-39/h5-24H,1-4H3. The monoisotopic (exact) mass is 600 g/mol. The molecule has 4 aromatic heterocycles. The van der Waals surface area contributed by atoms with Crippen molar-refractivity contribution in [1.29, 1.82) is 0 Å². The van der Waals surface area contributed by atoms with Gasteiger partial charge >= 0.3 is 0 Å². The lowest BCUT2D eigenvalue weighted by molar-refractivity contribution is 0.826. The topological polar surface area (TPSA) is 51.6 Å². The van der Waals surface area contributed by atoms with Crippen molar-refractivity contribution in [2.45, 2.75) is 39.5 Å². The van der Waals surface area contributed by atoms with Crippen LogP contribution >= 0.6 is 11.3 Å². The maximum atomic E-state index is 5.16. The van der Waals surface area contributed by atoms with Crippen LogP contribution in [0, 0.1) is 0 Å². The summed E-state index contributed by atoms with van der Waals surface area (Å²) in [7, 11) is 0. The van der Waals surface area contributed by atoms with Gasteiger partial charge in [0.15, 0.2) is 5.82 Å². The highest BCUT2D eigenvalue weighted by molar-refractivity contribution is 7.26. The zero-order valence-electron chi connectivity index (χ0n) is 25.7. The van der Waals surface area contributed by atoms with E-state index in [9.17, 15) is 0 Å². The van der Waals surface area contributed by atoms with E-state index in [1.54, 1.807) is 11.3 Å². The van der Waals surface area contributed by atoms with Crippen LogP contribution in [0.25, 0.3) is 75.9 Å². The average molecular weight is 601 g/mol. The fourth-order valence-electron chi connectivity index (χ4n) is 6.07. The van der Waals surface area contributed by atoms with Crippen molar-refractivity contribution >= 4 is 53.4 Å². The van der Waals surface area contributed by atoms with Gasteiger partial charge in [-0.05, 0) is 41.2 Å². The zero-order chi connectivity index (χ0) is 30.7. The Labute approximate surface area is 266 Å². The van der Waals surface area contributed by atoms with Crippen molar-refractivity contribution in [3.8, 4) is 33.8 Å². The second kappa shape index (κ2) is 10.9. The highest BCUT2D eigenvalue weighted by Gasteiger charge is 2.18. The molecular weight excluding hydrogens is 569 g/mol. The molecule has 8 aromatic rings. The van der Waals surface area contributed by atoms with Crippen molar-refractivity contribution in [2.75, 3.05) is 0 Å². The molecule has 4 nitrogen and oxygen atoms in total. The maximum Gasteiger partial charge on any atom is 0.160 e. The Kier molecular flexibility index (Phi) is 6.65. The van der Waals surface area contributed by atoms with E-state index in [2.05, 4.69) is 131 Å². The molecule has 0 saturated heterocycles. The van der Waals surface area contributed by atoms with Crippen LogP contribution in [0.5, 0.6) is 0 Å². The summed E-state index contributed by atoms with van der Waals surface area (Å²) in [5, 5.41) is 3.40. The van der Waals surface area contributed by atoms with Crippen LogP contribution in [0.1, 0.15) is 50.9 Å². The van der Waals surface area contributed by atoms with E-state index in [1.165, 1.54) is 15.6 Å². The van der Waals surface area contributed by atoms with Crippen LogP contribution in [0.4, 0.5) is 0 Å². The van der Waals surface area contributed by atoms with Crippen LogP contribution < -0.4 is 0 Å². The van der Waals surface area contributed by atoms with E-state index < -0.39 is 0 Å². The lowest BCUT2D eigenvalue weighted by Gasteiger charge is -2.15. The molecule has 0 saturated carbocycles. The summed E-state index contributed by atoms with van der Waals surface area (Å²) in [4.78, 5) is 20.6. The predicted molar refractivity (Wildman–Crippen MR) is 190 cm³/mol. The van der Waals surface area contributed by atoms with E-state index in [0.717, 1.165) is 71.6 Å². The maximum absolute atomic E-state index is 5.16. The molecule has 218 valence electrons. The van der Waals surface area contributed by atoms with Crippen LogP contribution in [-0.2, 0) is 0 Å². The minimum absolute atomic E-state index is 0.285. The first-order valence-electron chi connectivity index (χ1n) is 15.5. The third kappa shape index (κ3) is 4.75. The molecule has 0 atom stereocenters. The summed E-state index contributed by atoms with van der Waals surface area (Å²) >= 11 is 1.76. The molecule has 0 spiro atoms. The average Bonchev–Trinajstić information content (AvgIpc) is 3.46. The summed E-state index contributed by atoms with van der Waals surface area (Å²) in [6.07, 6.45) is 0. The Balaban J connectivity index is 1.29. The third-order valence-corrected chi connectivity index (χ3v) is 9.75. The Morgan fingerprint density at radius 1 is 0.511 bits per heavy atom. The zero-order valence-corrected chi connectivity index (χ0v) is 26.6. The minimum atomic E-state index is 0.285. The van der Waals surface area contributed by atoms with Gasteiger partial charge in [0.1, 0.15) is 0 Å². The fraction of sp³-hybridized carbons (Fsp3) is 0.150. The van der Waals surface area contributed by atoms with Gasteiger partial charge in [0.2, 0.25) is 0 Å². The molecule has 0 aliphatic heterocycles. The lowest BCUT2D eigenvalue weighted by Crippen LogP contribution is -1.99. The summed E-state index contributed by atoms with van der Waals surface area (Å²) in [5.41, 5.74) is 10.5. The van der Waals surface area contributed by atoms with Gasteiger partial charge in [0.05, 0.1) is 26.9 Å². The van der Waals surface area contributed by atoms with Gasteiger partial charge in [0, 0.05) is 43.4 Å². The molecule has 0 radical (unpaired) electrons. The van der Waals surface area contributed by atoms with Gasteiger partial charge in [-0.1, -0.05) is 119 Å². The predicted octanol–water partition coefficient (Wildman–Crippen LogP) is 11.2. The summed E-state index contributed by atoms with van der Waals surface area (Å²) < 4.78 is 2.34. The van der Waals surface area contributed by atoms with Gasteiger partial charge < -0.3 is 0 Å². The number of hydrogen-bond acceptors (Lipinski definition) is 5. The van der Waals surface area contributed by atoms with Gasteiger partial charge in [-0.15, -0.1) is 11.3 Å². The highest BCUT2D eigenvalue weighted by atomic mass is 32.1. The van der Waals surface area contributed by atoms with Crippen molar-refractivity contribution in [1.82, 2.24) is 19.9 Å². The quantitative estimate of drug-likeness (QED) is 0.184. The van der Waals surface area contributed by atoms with Crippen molar-refractivity contribution in [3.63, 3.8) is 0 Å². The van der Waals surface area contributed by atoms with Gasteiger partial charge in [0.25, 0.3) is 0 Å².